The fourth-order valence-electron chi connectivity index (χ4n) is 4.69. The molecular formula is C24H35N5O2. The number of aromatic nitrogens is 2. The summed E-state index contributed by atoms with van der Waals surface area (Å²) < 4.78 is 5.37. The Hall–Kier alpha value is -2.41. The summed E-state index contributed by atoms with van der Waals surface area (Å²) >= 11 is 0. The highest BCUT2D eigenvalue weighted by molar-refractivity contribution is 5.79. The normalized spacial score (nSPS) is 20.9. The molecule has 3 heterocycles. The average Bonchev–Trinajstić information content (AvgIpc) is 3.31. The van der Waals surface area contributed by atoms with Crippen LogP contribution in [0.25, 0.3) is 0 Å². The smallest absolute Gasteiger partial charge is 0.266 e. The molecule has 0 unspecified atom stereocenters. The maximum atomic E-state index is 12.7. The van der Waals surface area contributed by atoms with Crippen molar-refractivity contribution >= 4 is 11.9 Å². The molecule has 4 rings (SSSR count). The summed E-state index contributed by atoms with van der Waals surface area (Å²) in [5.74, 6) is 1.99. The van der Waals surface area contributed by atoms with Crippen molar-refractivity contribution in [2.45, 2.75) is 57.9 Å². The molecule has 0 spiro atoms. The third-order valence-electron chi connectivity index (χ3n) is 6.57. The van der Waals surface area contributed by atoms with Gasteiger partial charge in [0.1, 0.15) is 0 Å². The van der Waals surface area contributed by atoms with Gasteiger partial charge in [-0.15, -0.1) is 0 Å². The number of carbonyl (C=O) groups is 1. The van der Waals surface area contributed by atoms with Gasteiger partial charge in [0.15, 0.2) is 0 Å². The molecule has 0 aliphatic carbocycles. The van der Waals surface area contributed by atoms with Crippen LogP contribution in [0.5, 0.6) is 0 Å². The number of anilines is 1. The van der Waals surface area contributed by atoms with Gasteiger partial charge in [0.25, 0.3) is 5.95 Å². The van der Waals surface area contributed by atoms with Gasteiger partial charge in [-0.3, -0.25) is 9.69 Å². The highest BCUT2D eigenvalue weighted by Crippen LogP contribution is 2.26. The molecular weight excluding hydrogens is 390 g/mol. The van der Waals surface area contributed by atoms with Crippen molar-refractivity contribution < 1.29 is 9.32 Å². The van der Waals surface area contributed by atoms with Crippen molar-refractivity contribution in [2.75, 3.05) is 37.6 Å². The molecule has 2 aromatic rings. The summed E-state index contributed by atoms with van der Waals surface area (Å²) in [5, 5.41) is 7.32. The summed E-state index contributed by atoms with van der Waals surface area (Å²) in [6.45, 7) is 8.68. The number of hydrogen-bond donors (Lipinski definition) is 1. The Kier molecular flexibility index (Phi) is 7.22. The lowest BCUT2D eigenvalue weighted by Crippen LogP contribution is -2.51. The van der Waals surface area contributed by atoms with Gasteiger partial charge in [-0.1, -0.05) is 44.2 Å². The zero-order valence-electron chi connectivity index (χ0n) is 18.8. The number of piperidine rings is 2. The molecule has 31 heavy (non-hydrogen) atoms. The van der Waals surface area contributed by atoms with Crippen molar-refractivity contribution in [3.8, 4) is 0 Å². The van der Waals surface area contributed by atoms with Gasteiger partial charge in [0.05, 0.1) is 5.92 Å². The fourth-order valence-corrected chi connectivity index (χ4v) is 4.69. The summed E-state index contributed by atoms with van der Waals surface area (Å²) in [4.78, 5) is 22.0. The minimum atomic E-state index is 0.105. The van der Waals surface area contributed by atoms with Gasteiger partial charge in [0.2, 0.25) is 11.8 Å². The molecule has 1 N–H and O–H groups in total. The summed E-state index contributed by atoms with van der Waals surface area (Å²) in [6, 6.07) is 10.9. The largest absolute Gasteiger partial charge is 0.355 e. The maximum Gasteiger partial charge on any atom is 0.266 e. The number of hydrogen-bond acceptors (Lipinski definition) is 6. The third-order valence-corrected chi connectivity index (χ3v) is 6.57. The zero-order valence-corrected chi connectivity index (χ0v) is 18.8. The lowest BCUT2D eigenvalue weighted by molar-refractivity contribution is -0.127. The van der Waals surface area contributed by atoms with Crippen molar-refractivity contribution in [1.82, 2.24) is 20.4 Å². The first-order valence-electron chi connectivity index (χ1n) is 11.7. The zero-order chi connectivity index (χ0) is 21.6. The van der Waals surface area contributed by atoms with E-state index < -0.39 is 0 Å². The fraction of sp³-hybridized carbons (Fsp3) is 0.625. The SMILES string of the molecule is CC(C)c1nc(N2CCC(N3CCC[C@H](C(=O)NCCc4ccccc4)C3)CC2)no1. The minimum absolute atomic E-state index is 0.105. The van der Waals surface area contributed by atoms with Crippen molar-refractivity contribution in [3.63, 3.8) is 0 Å². The quantitative estimate of drug-likeness (QED) is 0.734. The van der Waals surface area contributed by atoms with E-state index in [1.165, 1.54) is 5.56 Å². The van der Waals surface area contributed by atoms with Crippen LogP contribution in [0.2, 0.25) is 0 Å². The Morgan fingerprint density at radius 3 is 2.65 bits per heavy atom. The highest BCUT2D eigenvalue weighted by atomic mass is 16.5. The first-order valence-corrected chi connectivity index (χ1v) is 11.7. The van der Waals surface area contributed by atoms with Crippen LogP contribution in [0.1, 0.15) is 56.9 Å². The molecule has 168 valence electrons. The Labute approximate surface area is 185 Å². The lowest BCUT2D eigenvalue weighted by Gasteiger charge is -2.41. The molecule has 2 fully saturated rings. The molecule has 0 saturated carbocycles. The van der Waals surface area contributed by atoms with E-state index in [4.69, 9.17) is 4.52 Å². The number of amides is 1. The molecule has 2 aliphatic heterocycles. The molecule has 1 aromatic carbocycles. The first kappa shape index (κ1) is 21.8. The second-order valence-corrected chi connectivity index (χ2v) is 9.17. The first-order chi connectivity index (χ1) is 15.1. The summed E-state index contributed by atoms with van der Waals surface area (Å²) in [6.07, 6.45) is 5.13. The van der Waals surface area contributed by atoms with E-state index in [-0.39, 0.29) is 17.7 Å². The number of benzene rings is 1. The van der Waals surface area contributed by atoms with E-state index in [1.807, 2.05) is 18.2 Å². The number of rotatable bonds is 7. The molecule has 0 bridgehead atoms. The van der Waals surface area contributed by atoms with Gasteiger partial charge in [-0.25, -0.2) is 0 Å². The van der Waals surface area contributed by atoms with Gasteiger partial charge in [0, 0.05) is 38.1 Å². The highest BCUT2D eigenvalue weighted by Gasteiger charge is 2.32. The summed E-state index contributed by atoms with van der Waals surface area (Å²) in [7, 11) is 0. The van der Waals surface area contributed by atoms with E-state index in [2.05, 4.69) is 51.2 Å². The van der Waals surface area contributed by atoms with E-state index >= 15 is 0 Å². The van der Waals surface area contributed by atoms with Crippen LogP contribution in [0.3, 0.4) is 0 Å². The van der Waals surface area contributed by atoms with Gasteiger partial charge >= 0.3 is 0 Å². The minimum Gasteiger partial charge on any atom is -0.355 e. The number of carbonyl (C=O) groups excluding carboxylic acids is 1. The van der Waals surface area contributed by atoms with Crippen molar-refractivity contribution in [3.05, 3.63) is 41.8 Å². The van der Waals surface area contributed by atoms with Crippen LogP contribution < -0.4 is 10.2 Å². The molecule has 2 saturated heterocycles. The molecule has 2 aliphatic rings. The molecule has 7 nitrogen and oxygen atoms in total. The second-order valence-electron chi connectivity index (χ2n) is 9.17. The van der Waals surface area contributed by atoms with Crippen LogP contribution >= 0.6 is 0 Å². The Bertz CT molecular complexity index is 830. The predicted octanol–water partition coefficient (Wildman–Crippen LogP) is 3.23. The standard InChI is InChI=1S/C24H35N5O2/c1-18(2)23-26-24(27-31-23)28-15-11-21(12-16-28)29-14-6-9-20(17-29)22(30)25-13-10-19-7-4-3-5-8-19/h3-5,7-8,18,20-21H,6,9-17H2,1-2H3,(H,25,30)/t20-/m0/s1. The van der Waals surface area contributed by atoms with Gasteiger partial charge in [-0.2, -0.15) is 4.98 Å². The van der Waals surface area contributed by atoms with Crippen LogP contribution in [-0.4, -0.2) is 59.7 Å². The second kappa shape index (κ2) is 10.3. The van der Waals surface area contributed by atoms with Crippen LogP contribution in [-0.2, 0) is 11.2 Å². The van der Waals surface area contributed by atoms with E-state index in [0.29, 0.717) is 18.5 Å². The Balaban J connectivity index is 1.22. The topological polar surface area (TPSA) is 74.5 Å². The molecule has 1 atom stereocenters. The van der Waals surface area contributed by atoms with Crippen LogP contribution in [0, 0.1) is 5.92 Å². The Morgan fingerprint density at radius 2 is 1.94 bits per heavy atom. The third kappa shape index (κ3) is 5.64. The monoisotopic (exact) mass is 425 g/mol. The van der Waals surface area contributed by atoms with Crippen molar-refractivity contribution in [2.24, 2.45) is 5.92 Å². The molecule has 7 heteroatoms. The van der Waals surface area contributed by atoms with E-state index in [1.54, 1.807) is 0 Å². The van der Waals surface area contributed by atoms with E-state index in [9.17, 15) is 4.79 Å². The molecule has 1 amide bonds. The maximum absolute atomic E-state index is 12.7. The van der Waals surface area contributed by atoms with Gasteiger partial charge < -0.3 is 14.7 Å². The summed E-state index contributed by atoms with van der Waals surface area (Å²) in [5.41, 5.74) is 1.27. The van der Waals surface area contributed by atoms with E-state index in [0.717, 1.165) is 64.2 Å². The number of nitrogens with zero attached hydrogens (tertiary/aromatic N) is 4. The van der Waals surface area contributed by atoms with Crippen LogP contribution in [0.4, 0.5) is 5.95 Å². The van der Waals surface area contributed by atoms with Crippen LogP contribution in [0.15, 0.2) is 34.9 Å². The number of nitrogens with one attached hydrogen (secondary N) is 1. The Morgan fingerprint density at radius 1 is 1.16 bits per heavy atom. The molecule has 1 aromatic heterocycles. The molecule has 0 radical (unpaired) electrons. The average molecular weight is 426 g/mol. The predicted molar refractivity (Wildman–Crippen MR) is 121 cm³/mol. The lowest BCUT2D eigenvalue weighted by atomic mass is 9.93. The van der Waals surface area contributed by atoms with Crippen molar-refractivity contribution in [1.29, 1.82) is 0 Å². The van der Waals surface area contributed by atoms with Gasteiger partial charge in [-0.05, 0) is 49.4 Å². The number of likely N-dealkylation sites (tertiary alicyclic amines) is 1.